The monoisotopic (exact) mass is 400 g/mol. The van der Waals surface area contributed by atoms with Crippen LogP contribution < -0.4 is 10.0 Å². The summed E-state index contributed by atoms with van der Waals surface area (Å²) in [6.07, 6.45) is 0. The van der Waals surface area contributed by atoms with Crippen molar-refractivity contribution in [3.8, 4) is 0 Å². The van der Waals surface area contributed by atoms with Gasteiger partial charge in [0.25, 0.3) is 15.9 Å². The van der Waals surface area contributed by atoms with E-state index in [9.17, 15) is 17.6 Å². The quantitative estimate of drug-likeness (QED) is 0.684. The van der Waals surface area contributed by atoms with Crippen molar-refractivity contribution in [3.05, 3.63) is 77.4 Å². The van der Waals surface area contributed by atoms with E-state index in [0.29, 0.717) is 17.1 Å². The van der Waals surface area contributed by atoms with Crippen LogP contribution in [0.15, 0.2) is 59.5 Å². The van der Waals surface area contributed by atoms with Crippen molar-refractivity contribution in [3.63, 3.8) is 0 Å². The average Bonchev–Trinajstić information content (AvgIpc) is 2.61. The Kier molecular flexibility index (Phi) is 5.36. The Bertz CT molecular complexity index is 1110. The minimum atomic E-state index is -3.89. The van der Waals surface area contributed by atoms with Crippen molar-refractivity contribution < 1.29 is 17.6 Å². The van der Waals surface area contributed by atoms with E-state index in [2.05, 4.69) is 20.0 Å². The molecule has 0 bridgehead atoms. The highest BCUT2D eigenvalue weighted by Crippen LogP contribution is 2.18. The number of nitrogens with one attached hydrogen (secondary N) is 2. The highest BCUT2D eigenvalue weighted by Gasteiger charge is 2.16. The molecule has 1 aromatic heterocycles. The van der Waals surface area contributed by atoms with Gasteiger partial charge >= 0.3 is 0 Å². The number of hydrogen-bond acceptors (Lipinski definition) is 5. The zero-order valence-electron chi connectivity index (χ0n) is 15.1. The first-order chi connectivity index (χ1) is 13.2. The molecule has 9 heteroatoms. The van der Waals surface area contributed by atoms with Crippen LogP contribution in [-0.4, -0.2) is 24.3 Å². The molecule has 0 unspecified atom stereocenters. The first-order valence-electron chi connectivity index (χ1n) is 8.25. The van der Waals surface area contributed by atoms with Gasteiger partial charge in [-0.15, -0.1) is 0 Å². The Morgan fingerprint density at radius 3 is 2.21 bits per heavy atom. The van der Waals surface area contributed by atoms with E-state index in [0.717, 1.165) is 6.07 Å². The molecule has 144 valence electrons. The third-order valence-corrected chi connectivity index (χ3v) is 5.06. The molecule has 0 spiro atoms. The van der Waals surface area contributed by atoms with Crippen LogP contribution >= 0.6 is 0 Å². The van der Waals surface area contributed by atoms with Gasteiger partial charge in [-0.3, -0.25) is 4.79 Å². The number of carbonyl (C=O) groups is 1. The van der Waals surface area contributed by atoms with Crippen molar-refractivity contribution in [2.24, 2.45) is 0 Å². The molecule has 0 saturated heterocycles. The van der Waals surface area contributed by atoms with E-state index >= 15 is 0 Å². The summed E-state index contributed by atoms with van der Waals surface area (Å²) in [5, 5.41) is 2.58. The molecule has 2 N–H and O–H groups in total. The summed E-state index contributed by atoms with van der Waals surface area (Å²) in [6.45, 7) is 3.48. The molecule has 0 radical (unpaired) electrons. The number of aryl methyl sites for hydroxylation is 2. The number of halogens is 1. The van der Waals surface area contributed by atoms with E-state index in [1.54, 1.807) is 19.9 Å². The molecule has 3 rings (SSSR count). The lowest BCUT2D eigenvalue weighted by molar-refractivity contribution is 0.102. The molecule has 7 nitrogen and oxygen atoms in total. The summed E-state index contributed by atoms with van der Waals surface area (Å²) in [7, 11) is -3.89. The van der Waals surface area contributed by atoms with Crippen LogP contribution in [0.2, 0.25) is 0 Å². The van der Waals surface area contributed by atoms with Crippen molar-refractivity contribution in [1.29, 1.82) is 0 Å². The van der Waals surface area contributed by atoms with Gasteiger partial charge in [0.1, 0.15) is 5.82 Å². The van der Waals surface area contributed by atoms with E-state index < -0.39 is 21.7 Å². The van der Waals surface area contributed by atoms with E-state index in [4.69, 9.17) is 0 Å². The molecular formula is C19H17FN4O3S. The highest BCUT2D eigenvalue weighted by molar-refractivity contribution is 7.92. The standard InChI is InChI=1S/C19H17FN4O3S/c1-12-10-13(2)22-19(21-12)24-28(26,27)17-8-6-16(7-9-17)23-18(25)14-4-3-5-15(20)11-14/h3-11H,1-2H3,(H,23,25)(H,21,22,24). The number of hydrogen-bond donors (Lipinski definition) is 2. The second kappa shape index (κ2) is 7.73. The fraction of sp³-hybridized carbons (Fsp3) is 0.105. The Morgan fingerprint density at radius 2 is 1.61 bits per heavy atom. The molecule has 28 heavy (non-hydrogen) atoms. The van der Waals surface area contributed by atoms with Crippen LogP contribution in [0, 0.1) is 19.7 Å². The third kappa shape index (κ3) is 4.68. The zero-order valence-corrected chi connectivity index (χ0v) is 15.9. The van der Waals surface area contributed by atoms with Gasteiger partial charge in [-0.05, 0) is 62.4 Å². The van der Waals surface area contributed by atoms with Gasteiger partial charge in [0.05, 0.1) is 4.90 Å². The number of anilines is 2. The van der Waals surface area contributed by atoms with Crippen molar-refractivity contribution in [2.45, 2.75) is 18.7 Å². The van der Waals surface area contributed by atoms with Gasteiger partial charge in [-0.25, -0.2) is 27.5 Å². The van der Waals surface area contributed by atoms with Crippen molar-refractivity contribution in [2.75, 3.05) is 10.0 Å². The Labute approximate surface area is 161 Å². The molecule has 0 fully saturated rings. The normalized spacial score (nSPS) is 11.1. The number of benzene rings is 2. The maximum Gasteiger partial charge on any atom is 0.264 e. The van der Waals surface area contributed by atoms with Crippen LogP contribution in [0.5, 0.6) is 0 Å². The Hall–Kier alpha value is -3.33. The molecule has 0 atom stereocenters. The van der Waals surface area contributed by atoms with Gasteiger partial charge in [0.2, 0.25) is 5.95 Å². The van der Waals surface area contributed by atoms with Crippen molar-refractivity contribution in [1.82, 2.24) is 9.97 Å². The van der Waals surface area contributed by atoms with Crippen LogP contribution in [-0.2, 0) is 10.0 Å². The number of sulfonamides is 1. The molecule has 0 aliphatic rings. The highest BCUT2D eigenvalue weighted by atomic mass is 32.2. The minimum absolute atomic E-state index is 0.0130. The fourth-order valence-electron chi connectivity index (χ4n) is 2.50. The fourth-order valence-corrected chi connectivity index (χ4v) is 3.44. The topological polar surface area (TPSA) is 101 Å². The lowest BCUT2D eigenvalue weighted by Crippen LogP contribution is -2.16. The van der Waals surface area contributed by atoms with E-state index in [-0.39, 0.29) is 16.4 Å². The number of nitrogens with zero attached hydrogens (tertiary/aromatic N) is 2. The van der Waals surface area contributed by atoms with Gasteiger partial charge < -0.3 is 5.32 Å². The molecule has 0 aliphatic carbocycles. The predicted molar refractivity (Wildman–Crippen MR) is 103 cm³/mol. The molecule has 3 aromatic rings. The largest absolute Gasteiger partial charge is 0.322 e. The third-order valence-electron chi connectivity index (χ3n) is 3.72. The van der Waals surface area contributed by atoms with Gasteiger partial charge in [-0.2, -0.15) is 0 Å². The summed E-state index contributed by atoms with van der Waals surface area (Å²) in [5.41, 5.74) is 1.81. The number of aromatic nitrogens is 2. The van der Waals surface area contributed by atoms with Gasteiger partial charge in [-0.1, -0.05) is 6.07 Å². The first kappa shape index (κ1) is 19.4. The zero-order chi connectivity index (χ0) is 20.3. The van der Waals surface area contributed by atoms with Crippen molar-refractivity contribution >= 4 is 27.6 Å². The maximum absolute atomic E-state index is 13.2. The SMILES string of the molecule is Cc1cc(C)nc(NS(=O)(=O)c2ccc(NC(=O)c3cccc(F)c3)cc2)n1. The Balaban J connectivity index is 1.75. The van der Waals surface area contributed by atoms with Gasteiger partial charge in [0, 0.05) is 22.6 Å². The van der Waals surface area contributed by atoms with E-state index in [1.165, 1.54) is 42.5 Å². The first-order valence-corrected chi connectivity index (χ1v) is 9.73. The maximum atomic E-state index is 13.2. The average molecular weight is 400 g/mol. The van der Waals surface area contributed by atoms with Crippen LogP contribution in [0.4, 0.5) is 16.0 Å². The van der Waals surface area contributed by atoms with Crippen LogP contribution in [0.25, 0.3) is 0 Å². The van der Waals surface area contributed by atoms with E-state index in [1.807, 2.05) is 0 Å². The second-order valence-corrected chi connectivity index (χ2v) is 7.75. The molecule has 1 heterocycles. The number of rotatable bonds is 5. The lowest BCUT2D eigenvalue weighted by Gasteiger charge is -2.09. The summed E-state index contributed by atoms with van der Waals surface area (Å²) in [4.78, 5) is 20.2. The summed E-state index contributed by atoms with van der Waals surface area (Å²) >= 11 is 0. The van der Waals surface area contributed by atoms with Crippen LogP contribution in [0.1, 0.15) is 21.7 Å². The molecule has 2 aromatic carbocycles. The minimum Gasteiger partial charge on any atom is -0.322 e. The molecule has 1 amide bonds. The summed E-state index contributed by atoms with van der Waals surface area (Å²) in [6, 6.07) is 12.5. The number of carbonyl (C=O) groups excluding carboxylic acids is 1. The van der Waals surface area contributed by atoms with Gasteiger partial charge in [0.15, 0.2) is 0 Å². The molecular weight excluding hydrogens is 383 g/mol. The lowest BCUT2D eigenvalue weighted by atomic mass is 10.2. The Morgan fingerprint density at radius 1 is 0.964 bits per heavy atom. The molecule has 0 aliphatic heterocycles. The summed E-state index contributed by atoms with van der Waals surface area (Å²) < 4.78 is 40.5. The second-order valence-electron chi connectivity index (χ2n) is 6.07. The summed E-state index contributed by atoms with van der Waals surface area (Å²) in [5.74, 6) is -1.04. The molecule has 0 saturated carbocycles. The predicted octanol–water partition coefficient (Wildman–Crippen LogP) is 3.29. The smallest absolute Gasteiger partial charge is 0.264 e. The van der Waals surface area contributed by atoms with Crippen LogP contribution in [0.3, 0.4) is 0 Å². The number of amides is 1.